The van der Waals surface area contributed by atoms with Crippen molar-refractivity contribution in [1.82, 2.24) is 30.4 Å². The molecule has 31 heavy (non-hydrogen) atoms. The van der Waals surface area contributed by atoms with Crippen LogP contribution in [0.25, 0.3) is 10.9 Å². The second-order valence-corrected chi connectivity index (χ2v) is 8.28. The van der Waals surface area contributed by atoms with Gasteiger partial charge in [0.05, 0.1) is 0 Å². The molecule has 8 heteroatoms. The Balaban J connectivity index is 1.41. The molecule has 1 amide bonds. The summed E-state index contributed by atoms with van der Waals surface area (Å²) < 4.78 is 0. The predicted octanol–water partition coefficient (Wildman–Crippen LogP) is 2.96. The van der Waals surface area contributed by atoms with Crippen molar-refractivity contribution in [2.45, 2.75) is 45.6 Å². The van der Waals surface area contributed by atoms with Gasteiger partial charge in [-0.3, -0.25) is 9.89 Å². The molecule has 3 aromatic rings. The van der Waals surface area contributed by atoms with Crippen molar-refractivity contribution >= 4 is 22.8 Å². The molecule has 3 heterocycles. The predicted molar refractivity (Wildman–Crippen MR) is 123 cm³/mol. The van der Waals surface area contributed by atoms with Crippen LogP contribution in [0.1, 0.15) is 49.3 Å². The Morgan fingerprint density at radius 3 is 2.77 bits per heavy atom. The van der Waals surface area contributed by atoms with Crippen LogP contribution in [0, 0.1) is 0 Å². The SMILES string of the molecule is CCCCC(Cc1c[nH]c2ccccc12)NC(=O)c1nc(N2CCN(CC)CC2)n[nH]1. The molecule has 0 spiro atoms. The van der Waals surface area contributed by atoms with E-state index in [-0.39, 0.29) is 17.8 Å². The molecule has 1 fully saturated rings. The van der Waals surface area contributed by atoms with Gasteiger partial charge in [-0.25, -0.2) is 0 Å². The molecule has 1 saturated heterocycles. The number of benzene rings is 1. The summed E-state index contributed by atoms with van der Waals surface area (Å²) in [4.78, 5) is 25.3. The van der Waals surface area contributed by atoms with Crippen molar-refractivity contribution in [1.29, 1.82) is 0 Å². The molecule has 0 saturated carbocycles. The lowest BCUT2D eigenvalue weighted by atomic mass is 10.0. The topological polar surface area (TPSA) is 92.9 Å². The van der Waals surface area contributed by atoms with Crippen LogP contribution in [0.15, 0.2) is 30.5 Å². The fourth-order valence-corrected chi connectivity index (χ4v) is 4.26. The maximum atomic E-state index is 12.9. The Labute approximate surface area is 183 Å². The Kier molecular flexibility index (Phi) is 6.86. The van der Waals surface area contributed by atoms with Crippen molar-refractivity contribution in [3.63, 3.8) is 0 Å². The molecule has 166 valence electrons. The molecule has 0 aliphatic carbocycles. The zero-order valence-corrected chi connectivity index (χ0v) is 18.5. The quantitative estimate of drug-likeness (QED) is 0.492. The Morgan fingerprint density at radius 2 is 2.00 bits per heavy atom. The molecule has 3 N–H and O–H groups in total. The number of aromatic nitrogens is 4. The molecule has 8 nitrogen and oxygen atoms in total. The number of aromatic amines is 2. The number of hydrogen-bond acceptors (Lipinski definition) is 5. The first-order chi connectivity index (χ1) is 15.2. The second kappa shape index (κ2) is 9.96. The number of anilines is 1. The average molecular weight is 424 g/mol. The van der Waals surface area contributed by atoms with Gasteiger partial charge in [-0.15, -0.1) is 5.10 Å². The number of piperazine rings is 1. The molecule has 0 bridgehead atoms. The first-order valence-electron chi connectivity index (χ1n) is 11.4. The van der Waals surface area contributed by atoms with Gasteiger partial charge in [-0.05, 0) is 31.0 Å². The third-order valence-electron chi connectivity index (χ3n) is 6.17. The lowest BCUT2D eigenvalue weighted by molar-refractivity contribution is 0.0924. The van der Waals surface area contributed by atoms with Gasteiger partial charge in [0, 0.05) is 49.3 Å². The number of unbranched alkanes of at least 4 members (excludes halogenated alkanes) is 1. The molecule has 2 aromatic heterocycles. The number of H-pyrrole nitrogens is 2. The minimum absolute atomic E-state index is 0.0494. The first-order valence-corrected chi connectivity index (χ1v) is 11.4. The van der Waals surface area contributed by atoms with Crippen LogP contribution in [-0.2, 0) is 6.42 Å². The van der Waals surface area contributed by atoms with Crippen molar-refractivity contribution in [3.8, 4) is 0 Å². The van der Waals surface area contributed by atoms with Gasteiger partial charge in [0.1, 0.15) is 0 Å². The molecule has 4 rings (SSSR count). The summed E-state index contributed by atoms with van der Waals surface area (Å²) in [5.41, 5.74) is 2.35. The number of para-hydroxylation sites is 1. The summed E-state index contributed by atoms with van der Waals surface area (Å²) in [7, 11) is 0. The van der Waals surface area contributed by atoms with E-state index in [9.17, 15) is 4.79 Å². The van der Waals surface area contributed by atoms with Gasteiger partial charge in [0.25, 0.3) is 5.91 Å². The fraction of sp³-hybridized carbons (Fsp3) is 0.522. The van der Waals surface area contributed by atoms with E-state index in [0.29, 0.717) is 5.95 Å². The van der Waals surface area contributed by atoms with E-state index < -0.39 is 0 Å². The number of likely N-dealkylation sites (N-methyl/N-ethyl adjacent to an activating group) is 1. The number of hydrogen-bond donors (Lipinski definition) is 3. The van der Waals surface area contributed by atoms with Gasteiger partial charge in [-0.1, -0.05) is 44.9 Å². The fourth-order valence-electron chi connectivity index (χ4n) is 4.26. The number of amides is 1. The molecule has 1 unspecified atom stereocenters. The van der Waals surface area contributed by atoms with Crippen LogP contribution in [0.4, 0.5) is 5.95 Å². The lowest BCUT2D eigenvalue weighted by Gasteiger charge is -2.33. The standard InChI is InChI=1S/C23H33N7O/c1-3-5-8-18(15-17-16-24-20-10-7-6-9-19(17)20)25-22(31)21-26-23(28-27-21)30-13-11-29(4-2)12-14-30/h6-7,9-10,16,18,24H,3-5,8,11-15H2,1-2H3,(H,25,31)(H,26,27,28). The van der Waals surface area contributed by atoms with E-state index in [2.05, 4.69) is 73.5 Å². The van der Waals surface area contributed by atoms with Gasteiger partial charge in [-0.2, -0.15) is 4.98 Å². The monoisotopic (exact) mass is 423 g/mol. The lowest BCUT2D eigenvalue weighted by Crippen LogP contribution is -2.46. The highest BCUT2D eigenvalue weighted by Gasteiger charge is 2.22. The van der Waals surface area contributed by atoms with E-state index in [1.54, 1.807) is 0 Å². The van der Waals surface area contributed by atoms with Gasteiger partial charge >= 0.3 is 0 Å². The number of rotatable bonds is 9. The van der Waals surface area contributed by atoms with Crippen molar-refractivity contribution in [2.75, 3.05) is 37.6 Å². The highest BCUT2D eigenvalue weighted by molar-refractivity contribution is 5.91. The van der Waals surface area contributed by atoms with Gasteiger partial charge < -0.3 is 20.1 Å². The summed E-state index contributed by atoms with van der Waals surface area (Å²) in [6.07, 6.45) is 5.93. The number of nitrogens with zero attached hydrogens (tertiary/aromatic N) is 4. The van der Waals surface area contributed by atoms with E-state index >= 15 is 0 Å². The molecular formula is C23H33N7O. The minimum Gasteiger partial charge on any atom is -0.361 e. The largest absolute Gasteiger partial charge is 0.361 e. The van der Waals surface area contributed by atoms with Crippen LogP contribution >= 0.6 is 0 Å². The van der Waals surface area contributed by atoms with Crippen molar-refractivity contribution in [2.24, 2.45) is 0 Å². The second-order valence-electron chi connectivity index (χ2n) is 8.28. The molecule has 1 aromatic carbocycles. The number of carbonyl (C=O) groups excluding carboxylic acids is 1. The number of carbonyl (C=O) groups is 1. The Bertz CT molecular complexity index is 987. The smallest absolute Gasteiger partial charge is 0.288 e. The van der Waals surface area contributed by atoms with E-state index in [1.807, 2.05) is 6.07 Å². The third kappa shape index (κ3) is 5.07. The molecule has 1 aliphatic heterocycles. The minimum atomic E-state index is -0.188. The summed E-state index contributed by atoms with van der Waals surface area (Å²) in [5.74, 6) is 0.711. The maximum Gasteiger partial charge on any atom is 0.288 e. The maximum absolute atomic E-state index is 12.9. The number of nitrogens with one attached hydrogen (secondary N) is 3. The van der Waals surface area contributed by atoms with E-state index in [0.717, 1.165) is 63.9 Å². The van der Waals surface area contributed by atoms with Gasteiger partial charge in [0.2, 0.25) is 11.8 Å². The first kappa shape index (κ1) is 21.4. The number of fused-ring (bicyclic) bond motifs is 1. The summed E-state index contributed by atoms with van der Waals surface area (Å²) in [6, 6.07) is 8.34. The van der Waals surface area contributed by atoms with Crippen LogP contribution in [-0.4, -0.2) is 69.7 Å². The molecule has 1 aliphatic rings. The molecular weight excluding hydrogens is 390 g/mol. The van der Waals surface area contributed by atoms with Crippen LogP contribution < -0.4 is 10.2 Å². The van der Waals surface area contributed by atoms with Crippen molar-refractivity contribution < 1.29 is 4.79 Å². The zero-order chi connectivity index (χ0) is 21.6. The highest BCUT2D eigenvalue weighted by Crippen LogP contribution is 2.20. The highest BCUT2D eigenvalue weighted by atomic mass is 16.2. The van der Waals surface area contributed by atoms with Crippen LogP contribution in [0.3, 0.4) is 0 Å². The summed E-state index contributed by atoms with van der Waals surface area (Å²) >= 11 is 0. The Hall–Kier alpha value is -2.87. The summed E-state index contributed by atoms with van der Waals surface area (Å²) in [5, 5.41) is 11.6. The van der Waals surface area contributed by atoms with Gasteiger partial charge in [0.15, 0.2) is 0 Å². The van der Waals surface area contributed by atoms with Crippen LogP contribution in [0.5, 0.6) is 0 Å². The molecule has 1 atom stereocenters. The molecule has 0 radical (unpaired) electrons. The zero-order valence-electron chi connectivity index (χ0n) is 18.5. The van der Waals surface area contributed by atoms with Crippen molar-refractivity contribution in [3.05, 3.63) is 41.9 Å². The Morgan fingerprint density at radius 1 is 1.19 bits per heavy atom. The van der Waals surface area contributed by atoms with Crippen LogP contribution in [0.2, 0.25) is 0 Å². The average Bonchev–Trinajstić information content (AvgIpc) is 3.45. The van der Waals surface area contributed by atoms with E-state index in [4.69, 9.17) is 0 Å². The van der Waals surface area contributed by atoms with E-state index in [1.165, 1.54) is 10.9 Å². The third-order valence-corrected chi connectivity index (χ3v) is 6.17. The normalized spacial score (nSPS) is 16.0. The summed E-state index contributed by atoms with van der Waals surface area (Å²) in [6.45, 7) is 9.16.